The lowest BCUT2D eigenvalue weighted by molar-refractivity contribution is -0.151. The number of imide groups is 2. The van der Waals surface area contributed by atoms with Crippen LogP contribution in [-0.2, 0) is 14.3 Å². The number of fused-ring (bicyclic) bond motifs is 1. The maximum atomic E-state index is 12.6. The van der Waals surface area contributed by atoms with Crippen LogP contribution in [-0.4, -0.2) is 54.3 Å². The number of nitrogens with one attached hydrogen (secondary N) is 1. The van der Waals surface area contributed by atoms with E-state index in [-0.39, 0.29) is 22.4 Å². The van der Waals surface area contributed by atoms with E-state index in [4.69, 9.17) is 9.47 Å². The fourth-order valence-corrected chi connectivity index (χ4v) is 3.15. The summed E-state index contributed by atoms with van der Waals surface area (Å²) in [5.74, 6) is -3.48. The minimum Gasteiger partial charge on any atom is -0.496 e. The lowest BCUT2D eigenvalue weighted by Gasteiger charge is -2.20. The van der Waals surface area contributed by atoms with Gasteiger partial charge in [-0.1, -0.05) is 23.8 Å². The molecule has 4 amide bonds. The number of carbonyl (C=O) groups excluding carboxylic acids is 5. The lowest BCUT2D eigenvalue weighted by atomic mass is 10.1. The van der Waals surface area contributed by atoms with E-state index in [1.807, 2.05) is 0 Å². The fraction of sp³-hybridized carbons (Fsp3) is 0.227. The van der Waals surface area contributed by atoms with Gasteiger partial charge in [0.25, 0.3) is 23.6 Å². The van der Waals surface area contributed by atoms with Crippen molar-refractivity contribution in [2.45, 2.75) is 19.9 Å². The van der Waals surface area contributed by atoms with Gasteiger partial charge in [0.2, 0.25) is 0 Å². The zero-order chi connectivity index (χ0) is 22.7. The molecule has 9 nitrogen and oxygen atoms in total. The monoisotopic (exact) mass is 424 g/mol. The first-order chi connectivity index (χ1) is 14.7. The number of aryl methyl sites for hydroxylation is 1. The minimum atomic E-state index is -1.24. The summed E-state index contributed by atoms with van der Waals surface area (Å²) in [6.45, 7) is 2.35. The number of carbonyl (C=O) groups is 5. The van der Waals surface area contributed by atoms with E-state index in [9.17, 15) is 24.0 Å². The largest absolute Gasteiger partial charge is 0.496 e. The number of hydrogen-bond donors (Lipinski definition) is 1. The van der Waals surface area contributed by atoms with E-state index in [1.54, 1.807) is 37.3 Å². The van der Waals surface area contributed by atoms with Crippen molar-refractivity contribution >= 4 is 29.6 Å². The normalized spacial score (nSPS) is 13.5. The Labute approximate surface area is 177 Å². The number of amides is 4. The molecule has 2 aromatic rings. The molecule has 1 N–H and O–H groups in total. The highest BCUT2D eigenvalue weighted by atomic mass is 16.5. The topological polar surface area (TPSA) is 119 Å². The van der Waals surface area contributed by atoms with Crippen LogP contribution in [0.15, 0.2) is 42.5 Å². The molecule has 0 aliphatic carbocycles. The molecule has 2 aromatic carbocycles. The summed E-state index contributed by atoms with van der Waals surface area (Å²) >= 11 is 0. The average molecular weight is 424 g/mol. The van der Waals surface area contributed by atoms with Gasteiger partial charge in [-0.05, 0) is 38.1 Å². The van der Waals surface area contributed by atoms with Crippen molar-refractivity contribution in [1.29, 1.82) is 0 Å². The first-order valence-corrected chi connectivity index (χ1v) is 9.37. The standard InChI is InChI=1S/C22H20N2O7/c1-12-8-9-14-16(10-12)21(28)24(20(14)27)13(2)22(29)31-11-18(25)23-19(26)15-6-4-5-7-17(15)30-3/h4-10,13H,11H2,1-3H3,(H,23,25,26). The summed E-state index contributed by atoms with van der Waals surface area (Å²) in [6.07, 6.45) is 0. The average Bonchev–Trinajstić information content (AvgIpc) is 3.00. The first-order valence-electron chi connectivity index (χ1n) is 9.37. The van der Waals surface area contributed by atoms with E-state index in [0.29, 0.717) is 0 Å². The summed E-state index contributed by atoms with van der Waals surface area (Å²) < 4.78 is 9.97. The third-order valence-corrected chi connectivity index (χ3v) is 4.75. The van der Waals surface area contributed by atoms with Crippen molar-refractivity contribution in [2.75, 3.05) is 13.7 Å². The lowest BCUT2D eigenvalue weighted by Crippen LogP contribution is -2.44. The summed E-state index contributed by atoms with van der Waals surface area (Å²) in [5.41, 5.74) is 1.35. The predicted molar refractivity (Wildman–Crippen MR) is 108 cm³/mol. The van der Waals surface area contributed by atoms with Crippen LogP contribution in [0.4, 0.5) is 0 Å². The number of para-hydroxylation sites is 1. The van der Waals surface area contributed by atoms with Crippen molar-refractivity contribution in [3.8, 4) is 5.75 Å². The molecule has 0 saturated heterocycles. The van der Waals surface area contributed by atoms with Gasteiger partial charge in [-0.25, -0.2) is 4.79 Å². The predicted octanol–water partition coefficient (Wildman–Crippen LogP) is 1.49. The molecule has 1 heterocycles. The van der Waals surface area contributed by atoms with E-state index >= 15 is 0 Å². The number of benzene rings is 2. The molecule has 1 atom stereocenters. The molecule has 0 radical (unpaired) electrons. The number of nitrogens with zero attached hydrogens (tertiary/aromatic N) is 1. The Morgan fingerprint density at radius 3 is 2.42 bits per heavy atom. The number of ether oxygens (including phenoxy) is 2. The van der Waals surface area contributed by atoms with Crippen LogP contribution < -0.4 is 10.1 Å². The second-order valence-corrected chi connectivity index (χ2v) is 6.89. The van der Waals surface area contributed by atoms with Gasteiger partial charge in [0.1, 0.15) is 11.8 Å². The van der Waals surface area contributed by atoms with Crippen LogP contribution in [0.2, 0.25) is 0 Å². The van der Waals surface area contributed by atoms with Crippen molar-refractivity contribution < 1.29 is 33.4 Å². The molecule has 31 heavy (non-hydrogen) atoms. The van der Waals surface area contributed by atoms with E-state index in [2.05, 4.69) is 5.32 Å². The Morgan fingerprint density at radius 1 is 1.03 bits per heavy atom. The molecule has 0 fully saturated rings. The number of methoxy groups -OCH3 is 1. The highest BCUT2D eigenvalue weighted by Crippen LogP contribution is 2.26. The van der Waals surface area contributed by atoms with E-state index < -0.39 is 42.2 Å². The van der Waals surface area contributed by atoms with Crippen LogP contribution >= 0.6 is 0 Å². The van der Waals surface area contributed by atoms with Gasteiger partial charge in [-0.15, -0.1) is 0 Å². The Kier molecular flexibility index (Phi) is 6.15. The van der Waals surface area contributed by atoms with Crippen LogP contribution in [0.25, 0.3) is 0 Å². The van der Waals surface area contributed by atoms with Crippen molar-refractivity contribution in [1.82, 2.24) is 10.2 Å². The third-order valence-electron chi connectivity index (χ3n) is 4.75. The van der Waals surface area contributed by atoms with E-state index in [1.165, 1.54) is 26.2 Å². The van der Waals surface area contributed by atoms with Crippen LogP contribution in [0, 0.1) is 6.92 Å². The van der Waals surface area contributed by atoms with Crippen molar-refractivity contribution in [3.63, 3.8) is 0 Å². The highest BCUT2D eigenvalue weighted by Gasteiger charge is 2.41. The highest BCUT2D eigenvalue weighted by molar-refractivity contribution is 6.22. The smallest absolute Gasteiger partial charge is 0.329 e. The Hall–Kier alpha value is -4.01. The molecule has 0 saturated carbocycles. The second kappa shape index (κ2) is 8.78. The Bertz CT molecular complexity index is 1090. The summed E-state index contributed by atoms with van der Waals surface area (Å²) in [7, 11) is 1.39. The molecule has 1 aliphatic rings. The quantitative estimate of drug-likeness (QED) is 0.551. The van der Waals surface area contributed by atoms with Crippen LogP contribution in [0.5, 0.6) is 5.75 Å². The van der Waals surface area contributed by atoms with Gasteiger partial charge in [-0.3, -0.25) is 29.4 Å². The van der Waals surface area contributed by atoms with Crippen LogP contribution in [0.3, 0.4) is 0 Å². The molecule has 1 aliphatic heterocycles. The number of hydrogen-bond acceptors (Lipinski definition) is 7. The summed E-state index contributed by atoms with van der Waals surface area (Å²) in [6, 6.07) is 9.85. The van der Waals surface area contributed by atoms with Crippen molar-refractivity contribution in [3.05, 3.63) is 64.7 Å². The number of rotatable bonds is 6. The molecular weight excluding hydrogens is 404 g/mol. The van der Waals surface area contributed by atoms with Gasteiger partial charge in [0, 0.05) is 0 Å². The van der Waals surface area contributed by atoms with Gasteiger partial charge < -0.3 is 9.47 Å². The van der Waals surface area contributed by atoms with Gasteiger partial charge in [-0.2, -0.15) is 0 Å². The Balaban J connectivity index is 1.59. The molecule has 3 rings (SSSR count). The maximum absolute atomic E-state index is 12.6. The molecular formula is C22H20N2O7. The van der Waals surface area contributed by atoms with Gasteiger partial charge in [0.15, 0.2) is 6.61 Å². The first kappa shape index (κ1) is 21.7. The van der Waals surface area contributed by atoms with Crippen LogP contribution in [0.1, 0.15) is 43.6 Å². The summed E-state index contributed by atoms with van der Waals surface area (Å²) in [5, 5.41) is 2.09. The molecule has 9 heteroatoms. The molecule has 0 spiro atoms. The van der Waals surface area contributed by atoms with E-state index in [0.717, 1.165) is 10.5 Å². The fourth-order valence-electron chi connectivity index (χ4n) is 3.15. The minimum absolute atomic E-state index is 0.138. The SMILES string of the molecule is COc1ccccc1C(=O)NC(=O)COC(=O)C(C)N1C(=O)c2ccc(C)cc2C1=O. The molecule has 1 unspecified atom stereocenters. The molecule has 160 valence electrons. The van der Waals surface area contributed by atoms with Gasteiger partial charge in [0.05, 0.1) is 23.8 Å². The summed E-state index contributed by atoms with van der Waals surface area (Å²) in [4.78, 5) is 62.5. The van der Waals surface area contributed by atoms with Crippen molar-refractivity contribution in [2.24, 2.45) is 0 Å². The Morgan fingerprint density at radius 2 is 1.71 bits per heavy atom. The molecule has 0 aromatic heterocycles. The second-order valence-electron chi connectivity index (χ2n) is 6.89. The zero-order valence-electron chi connectivity index (χ0n) is 17.1. The number of esters is 1. The maximum Gasteiger partial charge on any atom is 0.329 e. The third kappa shape index (κ3) is 4.30. The molecule has 0 bridgehead atoms. The van der Waals surface area contributed by atoms with Gasteiger partial charge >= 0.3 is 5.97 Å². The zero-order valence-corrected chi connectivity index (χ0v) is 17.1.